The normalized spacial score (nSPS) is 19.9. The van der Waals surface area contributed by atoms with E-state index < -0.39 is 6.29 Å². The monoisotopic (exact) mass is 472 g/mol. The Morgan fingerprint density at radius 3 is 2.37 bits per heavy atom. The van der Waals surface area contributed by atoms with Crippen molar-refractivity contribution in [1.82, 2.24) is 4.90 Å². The van der Waals surface area contributed by atoms with E-state index in [1.165, 1.54) is 0 Å². The van der Waals surface area contributed by atoms with Crippen LogP contribution in [-0.2, 0) is 16.1 Å². The second-order valence-corrected chi connectivity index (χ2v) is 8.80. The molecule has 0 aliphatic carbocycles. The van der Waals surface area contributed by atoms with Crippen LogP contribution in [0.1, 0.15) is 45.9 Å². The third-order valence-electron chi connectivity index (χ3n) is 6.05. The van der Waals surface area contributed by atoms with Crippen molar-refractivity contribution in [3.8, 4) is 0 Å². The summed E-state index contributed by atoms with van der Waals surface area (Å²) in [5.74, 6) is -0.153. The number of benzene rings is 3. The Morgan fingerprint density at radius 2 is 1.71 bits per heavy atom. The Bertz CT molecular complexity index is 1100. The van der Waals surface area contributed by atoms with Gasteiger partial charge >= 0.3 is 0 Å². The number of nitrogens with one attached hydrogen (secondary N) is 1. The second-order valence-electron chi connectivity index (χ2n) is 8.80. The Kier molecular flexibility index (Phi) is 8.45. The van der Waals surface area contributed by atoms with Gasteiger partial charge in [0.05, 0.1) is 18.8 Å². The SMILES string of the molecule is C=CCN(C)C[C@H]1C[C@@H](c2ccc(CO)cc2)O[C@@H](c2ccc(NC(=O)c3ccccc3)cc2)O1. The molecule has 182 valence electrons. The van der Waals surface area contributed by atoms with E-state index in [1.54, 1.807) is 12.1 Å². The van der Waals surface area contributed by atoms with Crippen LogP contribution >= 0.6 is 0 Å². The third kappa shape index (κ3) is 6.65. The van der Waals surface area contributed by atoms with Crippen LogP contribution in [-0.4, -0.2) is 42.2 Å². The van der Waals surface area contributed by atoms with Crippen molar-refractivity contribution in [2.24, 2.45) is 0 Å². The first-order valence-corrected chi connectivity index (χ1v) is 11.8. The summed E-state index contributed by atoms with van der Waals surface area (Å²) >= 11 is 0. The highest BCUT2D eigenvalue weighted by molar-refractivity contribution is 6.04. The minimum absolute atomic E-state index is 0.0136. The summed E-state index contributed by atoms with van der Waals surface area (Å²) in [6.45, 7) is 5.37. The highest BCUT2D eigenvalue weighted by Gasteiger charge is 2.32. The molecule has 6 nitrogen and oxygen atoms in total. The van der Waals surface area contributed by atoms with Crippen molar-refractivity contribution < 1.29 is 19.4 Å². The average molecular weight is 473 g/mol. The van der Waals surface area contributed by atoms with Gasteiger partial charge in [-0.05, 0) is 42.4 Å². The van der Waals surface area contributed by atoms with Crippen molar-refractivity contribution in [2.75, 3.05) is 25.5 Å². The van der Waals surface area contributed by atoms with Gasteiger partial charge in [-0.1, -0.05) is 60.7 Å². The lowest BCUT2D eigenvalue weighted by atomic mass is 9.99. The van der Waals surface area contributed by atoms with Gasteiger partial charge in [0, 0.05) is 36.3 Å². The molecule has 0 saturated carbocycles. The van der Waals surface area contributed by atoms with Gasteiger partial charge < -0.3 is 24.8 Å². The summed E-state index contributed by atoms with van der Waals surface area (Å²) in [6.07, 6.45) is 1.90. The van der Waals surface area contributed by atoms with Crippen LogP contribution < -0.4 is 5.32 Å². The molecule has 1 saturated heterocycles. The molecule has 3 atom stereocenters. The van der Waals surface area contributed by atoms with Gasteiger partial charge in [0.2, 0.25) is 0 Å². The molecule has 1 aliphatic rings. The van der Waals surface area contributed by atoms with Crippen molar-refractivity contribution in [3.05, 3.63) is 114 Å². The molecule has 0 radical (unpaired) electrons. The molecule has 1 aliphatic heterocycles. The van der Waals surface area contributed by atoms with Crippen molar-refractivity contribution >= 4 is 11.6 Å². The molecule has 1 fully saturated rings. The van der Waals surface area contributed by atoms with E-state index in [9.17, 15) is 9.90 Å². The smallest absolute Gasteiger partial charge is 0.255 e. The highest BCUT2D eigenvalue weighted by atomic mass is 16.7. The topological polar surface area (TPSA) is 71.0 Å². The fourth-order valence-corrected chi connectivity index (χ4v) is 4.19. The number of carbonyl (C=O) groups is 1. The minimum Gasteiger partial charge on any atom is -0.392 e. The van der Waals surface area contributed by atoms with Crippen LogP contribution in [0.25, 0.3) is 0 Å². The number of amides is 1. The molecule has 6 heteroatoms. The van der Waals surface area contributed by atoms with Crippen LogP contribution in [0.5, 0.6) is 0 Å². The molecule has 0 unspecified atom stereocenters. The number of likely N-dealkylation sites (N-methyl/N-ethyl adjacent to an activating group) is 1. The molecule has 3 aromatic rings. The minimum atomic E-state index is -0.535. The first-order valence-electron chi connectivity index (χ1n) is 11.8. The Morgan fingerprint density at radius 1 is 1.03 bits per heavy atom. The summed E-state index contributed by atoms with van der Waals surface area (Å²) in [5.41, 5.74) is 4.12. The molecular weight excluding hydrogens is 440 g/mol. The zero-order valence-corrected chi connectivity index (χ0v) is 20.0. The van der Waals surface area contributed by atoms with Gasteiger partial charge in [-0.2, -0.15) is 0 Å². The lowest BCUT2D eigenvalue weighted by molar-refractivity contribution is -0.252. The lowest BCUT2D eigenvalue weighted by Gasteiger charge is -2.37. The number of aliphatic hydroxyl groups is 1. The van der Waals surface area contributed by atoms with Crippen molar-refractivity contribution in [1.29, 1.82) is 0 Å². The van der Waals surface area contributed by atoms with Crippen LogP contribution in [0.4, 0.5) is 5.69 Å². The maximum Gasteiger partial charge on any atom is 0.255 e. The molecule has 0 aromatic heterocycles. The molecule has 2 N–H and O–H groups in total. The highest BCUT2D eigenvalue weighted by Crippen LogP contribution is 2.38. The number of aliphatic hydroxyl groups excluding tert-OH is 1. The van der Waals surface area contributed by atoms with E-state index in [0.29, 0.717) is 11.3 Å². The summed E-state index contributed by atoms with van der Waals surface area (Å²) in [4.78, 5) is 14.6. The van der Waals surface area contributed by atoms with Gasteiger partial charge in [-0.25, -0.2) is 0 Å². The van der Waals surface area contributed by atoms with E-state index in [4.69, 9.17) is 9.47 Å². The van der Waals surface area contributed by atoms with E-state index in [1.807, 2.05) is 79.9 Å². The maximum absolute atomic E-state index is 12.5. The summed E-state index contributed by atoms with van der Waals surface area (Å²) in [6, 6.07) is 24.6. The second kappa shape index (κ2) is 11.9. The average Bonchev–Trinajstić information content (AvgIpc) is 2.89. The van der Waals surface area contributed by atoms with Crippen molar-refractivity contribution in [3.63, 3.8) is 0 Å². The Labute approximate surface area is 206 Å². The summed E-state index contributed by atoms with van der Waals surface area (Å²) in [5, 5.41) is 12.3. The van der Waals surface area contributed by atoms with Crippen LogP contribution in [0, 0.1) is 0 Å². The van der Waals surface area contributed by atoms with Gasteiger partial charge in [-0.3, -0.25) is 4.79 Å². The fourth-order valence-electron chi connectivity index (χ4n) is 4.19. The number of rotatable bonds is 9. The fraction of sp³-hybridized carbons (Fsp3) is 0.276. The van der Waals surface area contributed by atoms with Gasteiger partial charge in [0.25, 0.3) is 5.91 Å². The number of ether oxygens (including phenoxy) is 2. The predicted octanol–water partition coefficient (Wildman–Crippen LogP) is 5.09. The third-order valence-corrected chi connectivity index (χ3v) is 6.05. The largest absolute Gasteiger partial charge is 0.392 e. The van der Waals surface area contributed by atoms with Crippen LogP contribution in [0.3, 0.4) is 0 Å². The van der Waals surface area contributed by atoms with Crippen molar-refractivity contribution in [2.45, 2.75) is 31.5 Å². The number of nitrogens with zero attached hydrogens (tertiary/aromatic N) is 1. The zero-order valence-electron chi connectivity index (χ0n) is 20.0. The molecule has 35 heavy (non-hydrogen) atoms. The zero-order chi connectivity index (χ0) is 24.6. The first kappa shape index (κ1) is 24.8. The summed E-state index contributed by atoms with van der Waals surface area (Å²) < 4.78 is 12.7. The van der Waals surface area contributed by atoms with Gasteiger partial charge in [-0.15, -0.1) is 6.58 Å². The molecule has 3 aromatic carbocycles. The molecule has 4 rings (SSSR count). The first-order chi connectivity index (χ1) is 17.1. The number of anilines is 1. The van der Waals surface area contributed by atoms with Gasteiger partial charge in [0.1, 0.15) is 0 Å². The molecular formula is C29H32N2O4. The van der Waals surface area contributed by atoms with E-state index >= 15 is 0 Å². The number of hydrogen-bond acceptors (Lipinski definition) is 5. The lowest BCUT2D eigenvalue weighted by Crippen LogP contribution is -2.37. The van der Waals surface area contributed by atoms with E-state index in [-0.39, 0.29) is 24.7 Å². The molecule has 0 spiro atoms. The molecule has 1 heterocycles. The standard InChI is InChI=1S/C29H32N2O4/c1-3-17-31(2)19-26-18-27(22-11-9-21(20-32)10-12-22)35-29(34-26)24-13-15-25(16-14-24)30-28(33)23-7-5-4-6-8-23/h3-16,26-27,29,32H,1,17-20H2,2H3,(H,30,33)/t26-,27+,29+/m1/s1. The quantitative estimate of drug-likeness (QED) is 0.424. The van der Waals surface area contributed by atoms with Gasteiger partial charge in [0.15, 0.2) is 6.29 Å². The maximum atomic E-state index is 12.5. The Balaban J connectivity index is 1.49. The summed E-state index contributed by atoms with van der Waals surface area (Å²) in [7, 11) is 2.05. The van der Waals surface area contributed by atoms with Crippen LogP contribution in [0.2, 0.25) is 0 Å². The number of carbonyl (C=O) groups excluding carboxylic acids is 1. The molecule has 0 bridgehead atoms. The Hall–Kier alpha value is -3.29. The van der Waals surface area contributed by atoms with Crippen LogP contribution in [0.15, 0.2) is 91.5 Å². The van der Waals surface area contributed by atoms with E-state index in [2.05, 4.69) is 16.8 Å². The predicted molar refractivity (Wildman–Crippen MR) is 137 cm³/mol. The molecule has 1 amide bonds. The van der Waals surface area contributed by atoms with E-state index in [0.717, 1.165) is 36.2 Å². The number of hydrogen-bond donors (Lipinski definition) is 2.